The Morgan fingerprint density at radius 1 is 1.16 bits per heavy atom. The summed E-state index contributed by atoms with van der Waals surface area (Å²) in [6.07, 6.45) is 5.34. The monoisotopic (exact) mass is 509 g/mol. The number of aromatic hydroxyl groups is 1. The van der Waals surface area contributed by atoms with Gasteiger partial charge in [-0.05, 0) is 79.8 Å². The number of carbonyl (C=O) groups is 3. The molecule has 3 aliphatic rings. The Kier molecular flexibility index (Phi) is 7.93. The topological polar surface area (TPSA) is 93.1 Å². The van der Waals surface area contributed by atoms with Crippen molar-refractivity contribution < 1.29 is 29.0 Å². The number of carbonyl (C=O) groups excluding carboxylic acids is 3. The average Bonchev–Trinajstić information content (AvgIpc) is 3.38. The predicted octanol–water partition coefficient (Wildman–Crippen LogP) is 5.71. The molecule has 0 spiro atoms. The van der Waals surface area contributed by atoms with E-state index in [1.165, 1.54) is 18.3 Å². The van der Waals surface area contributed by atoms with Gasteiger partial charge in [-0.15, -0.1) is 0 Å². The second-order valence-electron chi connectivity index (χ2n) is 11.0. The molecule has 2 fully saturated rings. The van der Waals surface area contributed by atoms with E-state index in [-0.39, 0.29) is 17.9 Å². The molecule has 2 saturated heterocycles. The number of imide groups is 3. The Bertz CT molecular complexity index is 1140. The van der Waals surface area contributed by atoms with Crippen molar-refractivity contribution in [2.75, 3.05) is 13.7 Å². The van der Waals surface area contributed by atoms with Crippen LogP contribution in [0.1, 0.15) is 69.6 Å². The fourth-order valence-electron chi connectivity index (χ4n) is 6.45. The highest BCUT2D eigenvalue weighted by Gasteiger charge is 2.59. The van der Waals surface area contributed by atoms with Crippen molar-refractivity contribution in [3.63, 3.8) is 0 Å². The number of phenols is 1. The van der Waals surface area contributed by atoms with Gasteiger partial charge in [-0.2, -0.15) is 4.90 Å². The van der Waals surface area contributed by atoms with E-state index in [1.54, 1.807) is 0 Å². The molecule has 7 nitrogen and oxygen atoms in total. The quantitative estimate of drug-likeness (QED) is 0.374. The van der Waals surface area contributed by atoms with Crippen LogP contribution in [-0.4, -0.2) is 47.7 Å². The summed E-state index contributed by atoms with van der Waals surface area (Å²) in [4.78, 5) is 39.1. The van der Waals surface area contributed by atoms with Gasteiger partial charge in [0, 0.05) is 5.92 Å². The van der Waals surface area contributed by atoms with Crippen LogP contribution in [-0.2, 0) is 19.1 Å². The molecule has 37 heavy (non-hydrogen) atoms. The number of likely N-dealkylation sites (tertiary alicyclic amines) is 1. The number of rotatable bonds is 7. The van der Waals surface area contributed by atoms with Crippen molar-refractivity contribution in [1.82, 2.24) is 4.90 Å². The molecular formula is C30H39NO6. The second-order valence-corrected chi connectivity index (χ2v) is 11.0. The van der Waals surface area contributed by atoms with E-state index in [0.717, 1.165) is 47.9 Å². The first kappa shape index (κ1) is 27.1. The number of aryl methyl sites for hydroxylation is 2. The molecule has 0 radical (unpaired) electrons. The Balaban J connectivity index is 1.59. The summed E-state index contributed by atoms with van der Waals surface area (Å²) >= 11 is 0. The first-order valence-corrected chi connectivity index (χ1v) is 13.4. The normalized spacial score (nSPS) is 25.7. The van der Waals surface area contributed by atoms with E-state index in [2.05, 4.69) is 26.8 Å². The Hall–Kier alpha value is -2.93. The molecule has 1 aromatic rings. The van der Waals surface area contributed by atoms with Crippen molar-refractivity contribution in [2.24, 2.45) is 23.7 Å². The minimum absolute atomic E-state index is 0.109. The van der Waals surface area contributed by atoms with Gasteiger partial charge in [-0.25, -0.2) is 4.79 Å². The summed E-state index contributed by atoms with van der Waals surface area (Å²) in [7, 11) is 1.19. The molecule has 0 unspecified atom stereocenters. The molecule has 4 atom stereocenters. The Morgan fingerprint density at radius 2 is 1.84 bits per heavy atom. The van der Waals surface area contributed by atoms with Gasteiger partial charge >= 0.3 is 6.09 Å². The summed E-state index contributed by atoms with van der Waals surface area (Å²) in [6, 6.07) is 4.02. The van der Waals surface area contributed by atoms with Crippen LogP contribution in [0.2, 0.25) is 0 Å². The number of ether oxygens (including phenoxy) is 2. The number of phenolic OH excluding ortho intramolecular Hbond substituents is 1. The van der Waals surface area contributed by atoms with Crippen LogP contribution < -0.4 is 0 Å². The highest BCUT2D eigenvalue weighted by Crippen LogP contribution is 2.51. The van der Waals surface area contributed by atoms with E-state index >= 15 is 0 Å². The van der Waals surface area contributed by atoms with Crippen molar-refractivity contribution in [3.05, 3.63) is 45.5 Å². The molecule has 0 bridgehead atoms. The van der Waals surface area contributed by atoms with E-state index in [0.29, 0.717) is 23.7 Å². The molecule has 1 aliphatic carbocycles. The first-order valence-electron chi connectivity index (χ1n) is 13.4. The number of methoxy groups -OCH3 is 1. The lowest BCUT2D eigenvalue weighted by atomic mass is 9.67. The zero-order valence-electron chi connectivity index (χ0n) is 22.8. The van der Waals surface area contributed by atoms with E-state index in [9.17, 15) is 19.5 Å². The van der Waals surface area contributed by atoms with Crippen LogP contribution in [0.5, 0.6) is 5.75 Å². The molecule has 2 aliphatic heterocycles. The molecule has 1 N–H and O–H groups in total. The number of allylic oxidation sites excluding steroid dienone is 2. The summed E-state index contributed by atoms with van der Waals surface area (Å²) in [5.74, 6) is -1.64. The zero-order chi connectivity index (χ0) is 27.0. The Morgan fingerprint density at radius 3 is 2.43 bits per heavy atom. The van der Waals surface area contributed by atoms with E-state index in [1.807, 2.05) is 26.0 Å². The van der Waals surface area contributed by atoms with Crippen LogP contribution in [0.15, 0.2) is 28.9 Å². The summed E-state index contributed by atoms with van der Waals surface area (Å²) in [6.45, 7) is 10.6. The minimum atomic E-state index is -0.901. The van der Waals surface area contributed by atoms with Crippen molar-refractivity contribution in [1.29, 1.82) is 0 Å². The van der Waals surface area contributed by atoms with Crippen molar-refractivity contribution in [2.45, 2.75) is 72.8 Å². The van der Waals surface area contributed by atoms with Crippen LogP contribution in [0.25, 0.3) is 6.08 Å². The third kappa shape index (κ3) is 4.98. The lowest BCUT2D eigenvalue weighted by molar-refractivity contribution is -0.137. The van der Waals surface area contributed by atoms with Gasteiger partial charge in [0.2, 0.25) is 11.8 Å². The van der Waals surface area contributed by atoms with Gasteiger partial charge in [0.15, 0.2) is 0 Å². The van der Waals surface area contributed by atoms with E-state index < -0.39 is 29.7 Å². The maximum Gasteiger partial charge on any atom is 0.423 e. The van der Waals surface area contributed by atoms with E-state index in [4.69, 9.17) is 9.47 Å². The van der Waals surface area contributed by atoms with Gasteiger partial charge < -0.3 is 14.6 Å². The number of hydrogen-bond donors (Lipinski definition) is 1. The number of fused-ring (bicyclic) bond motifs is 3. The van der Waals surface area contributed by atoms with Crippen LogP contribution in [0, 0.1) is 37.5 Å². The number of nitrogens with zero attached hydrogens (tertiary/aromatic N) is 1. The highest BCUT2D eigenvalue weighted by atomic mass is 16.5. The van der Waals surface area contributed by atoms with Gasteiger partial charge in [0.25, 0.3) is 0 Å². The van der Waals surface area contributed by atoms with Crippen molar-refractivity contribution in [3.8, 4) is 5.75 Å². The lowest BCUT2D eigenvalue weighted by Crippen LogP contribution is -2.38. The molecule has 200 valence electrons. The van der Waals surface area contributed by atoms with Gasteiger partial charge in [-0.1, -0.05) is 44.4 Å². The minimum Gasteiger partial charge on any atom is -0.507 e. The predicted molar refractivity (Wildman–Crippen MR) is 141 cm³/mol. The molecule has 0 saturated carbocycles. The Labute approximate surface area is 219 Å². The summed E-state index contributed by atoms with van der Waals surface area (Å²) in [5.41, 5.74) is 6.49. The van der Waals surface area contributed by atoms with Crippen molar-refractivity contribution >= 4 is 24.0 Å². The molecule has 3 amide bonds. The maximum absolute atomic E-state index is 13.2. The number of benzene rings is 1. The fraction of sp³-hybridized carbons (Fsp3) is 0.567. The summed E-state index contributed by atoms with van der Waals surface area (Å²) < 4.78 is 11.0. The third-order valence-electron chi connectivity index (χ3n) is 8.18. The smallest absolute Gasteiger partial charge is 0.423 e. The fourth-order valence-corrected chi connectivity index (χ4v) is 6.45. The van der Waals surface area contributed by atoms with Gasteiger partial charge in [0.1, 0.15) is 5.75 Å². The van der Waals surface area contributed by atoms with Gasteiger partial charge in [-0.3, -0.25) is 9.59 Å². The molecule has 2 heterocycles. The molecule has 0 aromatic heterocycles. The van der Waals surface area contributed by atoms with Crippen LogP contribution in [0.3, 0.4) is 0 Å². The van der Waals surface area contributed by atoms with Gasteiger partial charge in [0.05, 0.1) is 31.7 Å². The third-order valence-corrected chi connectivity index (χ3v) is 8.18. The highest BCUT2D eigenvalue weighted by molar-refractivity contribution is 6.16. The summed E-state index contributed by atoms with van der Waals surface area (Å²) in [5, 5.41) is 10.1. The maximum atomic E-state index is 13.2. The number of hydrogen-bond acceptors (Lipinski definition) is 6. The second kappa shape index (κ2) is 10.8. The molecule has 4 rings (SSSR count). The standard InChI is InChI=1S/C30H39NO6/c1-7-8-19(13-20-11-17(4)27(32)18(5)12-20)9-10-24-25-21(16(2)3)14-22-26(23(25)15-37-24)29(34)31(28(22)33)30(35)36-6/h11-13,16,22-24,26,32H,7-10,14-15H2,1-6H3/b19-13+/t22-,23+,24-,26-/m1/s1. The zero-order valence-corrected chi connectivity index (χ0v) is 22.8. The lowest BCUT2D eigenvalue weighted by Gasteiger charge is -2.33. The van der Waals surface area contributed by atoms with Crippen LogP contribution in [0.4, 0.5) is 4.79 Å². The first-order chi connectivity index (χ1) is 17.6. The number of amides is 3. The molecular weight excluding hydrogens is 470 g/mol. The largest absolute Gasteiger partial charge is 0.507 e. The average molecular weight is 510 g/mol. The molecule has 7 heteroatoms. The molecule has 1 aromatic carbocycles. The van der Waals surface area contributed by atoms with Crippen LogP contribution >= 0.6 is 0 Å². The SMILES string of the molecule is CCC/C(=C\c1cc(C)c(O)c(C)c1)CC[C@H]1OC[C@H]2C1=C(C(C)C)C[C@H]1C(=O)N(C(=O)OC)C(=O)[C@H]12.